The van der Waals surface area contributed by atoms with Crippen molar-refractivity contribution in [1.82, 2.24) is 0 Å². The molecule has 0 aliphatic carbocycles. The van der Waals surface area contributed by atoms with Crippen molar-refractivity contribution in [2.45, 2.75) is 0 Å². The van der Waals surface area contributed by atoms with Crippen LogP contribution in [0, 0.1) is 17.7 Å². The number of benzene rings is 3. The fourth-order valence-corrected chi connectivity index (χ4v) is 2.46. The van der Waals surface area contributed by atoms with Crippen LogP contribution in [0.25, 0.3) is 10.8 Å². The van der Waals surface area contributed by atoms with Gasteiger partial charge in [0.1, 0.15) is 5.82 Å². The molecule has 0 saturated carbocycles. The number of carboxylic acids is 1. The van der Waals surface area contributed by atoms with E-state index in [0.717, 1.165) is 23.3 Å². The molecule has 0 aliphatic rings. The summed E-state index contributed by atoms with van der Waals surface area (Å²) in [6, 6.07) is 19.0. The molecular formula is C22H16BrFO3. The van der Waals surface area contributed by atoms with Crippen LogP contribution >= 0.6 is 15.9 Å². The lowest BCUT2D eigenvalue weighted by atomic mass is 10.1. The number of methoxy groups -OCH3 is 1. The van der Waals surface area contributed by atoms with E-state index in [1.54, 1.807) is 12.1 Å². The summed E-state index contributed by atoms with van der Waals surface area (Å²) < 4.78 is 18.7. The summed E-state index contributed by atoms with van der Waals surface area (Å²) in [6.45, 7) is 0. The molecular weight excluding hydrogens is 411 g/mol. The Labute approximate surface area is 165 Å². The minimum atomic E-state index is -0.998. The van der Waals surface area contributed by atoms with Gasteiger partial charge in [-0.25, -0.2) is 9.18 Å². The van der Waals surface area contributed by atoms with Crippen LogP contribution in [0.15, 0.2) is 77.5 Å². The fraction of sp³-hybridized carbons (Fsp3) is 0.0455. The topological polar surface area (TPSA) is 46.5 Å². The Balaban J connectivity index is 0.000000321. The minimum Gasteiger partial charge on any atom is -0.504 e. The van der Waals surface area contributed by atoms with Crippen LogP contribution in [-0.4, -0.2) is 18.2 Å². The Kier molecular flexibility index (Phi) is 7.60. The van der Waals surface area contributed by atoms with Crippen LogP contribution < -0.4 is 0 Å². The lowest BCUT2D eigenvalue weighted by Gasteiger charge is -1.98. The highest BCUT2D eigenvalue weighted by Gasteiger charge is 1.99. The molecule has 0 heterocycles. The molecule has 0 unspecified atom stereocenters. The summed E-state index contributed by atoms with van der Waals surface area (Å²) in [7, 11) is 1.39. The van der Waals surface area contributed by atoms with E-state index < -0.39 is 5.97 Å². The summed E-state index contributed by atoms with van der Waals surface area (Å²) in [5, 5.41) is 10.2. The molecule has 3 aromatic carbocycles. The van der Waals surface area contributed by atoms with Gasteiger partial charge in [-0.15, -0.1) is 0 Å². The Morgan fingerprint density at radius 3 is 2.44 bits per heavy atom. The number of hydrogen-bond donors (Lipinski definition) is 1. The molecule has 3 nitrogen and oxygen atoms in total. The number of carbonyl (C=O) groups is 1. The third-order valence-corrected chi connectivity index (χ3v) is 3.86. The Morgan fingerprint density at radius 1 is 1.07 bits per heavy atom. The van der Waals surface area contributed by atoms with Crippen LogP contribution in [-0.2, 0) is 9.53 Å². The zero-order valence-electron chi connectivity index (χ0n) is 14.4. The normalized spacial score (nSPS) is 9.89. The summed E-state index contributed by atoms with van der Waals surface area (Å²) >= 11 is 3.23. The molecule has 0 fully saturated rings. The monoisotopic (exact) mass is 426 g/mol. The summed E-state index contributed by atoms with van der Waals surface area (Å²) in [4.78, 5) is 9.59. The van der Waals surface area contributed by atoms with Gasteiger partial charge in [0.05, 0.1) is 25.0 Å². The van der Waals surface area contributed by atoms with E-state index in [9.17, 15) is 9.18 Å². The first kappa shape index (κ1) is 20.2. The van der Waals surface area contributed by atoms with Gasteiger partial charge in [0.2, 0.25) is 0 Å². The number of aliphatic carboxylic acids is 1. The van der Waals surface area contributed by atoms with Crippen molar-refractivity contribution < 1.29 is 19.0 Å². The molecule has 0 bridgehead atoms. The molecule has 0 saturated heterocycles. The number of carboxylic acid groups (broad SMARTS) is 1. The summed E-state index contributed by atoms with van der Waals surface area (Å²) in [5.41, 5.74) is 1.28. The predicted molar refractivity (Wildman–Crippen MR) is 108 cm³/mol. The molecule has 3 rings (SSSR count). The van der Waals surface area contributed by atoms with Crippen LogP contribution in [0.1, 0.15) is 11.1 Å². The van der Waals surface area contributed by atoms with Gasteiger partial charge in [0.15, 0.2) is 0 Å². The second kappa shape index (κ2) is 10.1. The van der Waals surface area contributed by atoms with E-state index in [1.165, 1.54) is 18.6 Å². The Bertz CT molecular complexity index is 1030. The van der Waals surface area contributed by atoms with Crippen molar-refractivity contribution in [1.29, 1.82) is 0 Å². The van der Waals surface area contributed by atoms with Crippen molar-refractivity contribution in [3.05, 3.63) is 94.4 Å². The van der Waals surface area contributed by atoms with E-state index in [0.29, 0.717) is 10.0 Å². The van der Waals surface area contributed by atoms with Gasteiger partial charge in [-0.05, 0) is 41.1 Å². The number of halogens is 2. The molecule has 0 aliphatic heterocycles. The van der Waals surface area contributed by atoms with Crippen LogP contribution in [0.3, 0.4) is 0 Å². The van der Waals surface area contributed by atoms with E-state index >= 15 is 0 Å². The van der Waals surface area contributed by atoms with Gasteiger partial charge in [0.25, 0.3) is 0 Å². The van der Waals surface area contributed by atoms with Crippen molar-refractivity contribution in [2.24, 2.45) is 0 Å². The zero-order valence-corrected chi connectivity index (χ0v) is 16.0. The van der Waals surface area contributed by atoms with Gasteiger partial charge in [-0.3, -0.25) is 0 Å². The average molecular weight is 427 g/mol. The van der Waals surface area contributed by atoms with Crippen molar-refractivity contribution in [3.8, 4) is 11.8 Å². The number of rotatable bonds is 2. The molecule has 0 atom stereocenters. The third kappa shape index (κ3) is 6.61. The maximum Gasteiger partial charge on any atom is 0.331 e. The highest BCUT2D eigenvalue weighted by atomic mass is 79.9. The predicted octanol–water partition coefficient (Wildman–Crippen LogP) is 5.37. The largest absolute Gasteiger partial charge is 0.504 e. The molecule has 0 radical (unpaired) electrons. The lowest BCUT2D eigenvalue weighted by molar-refractivity contribution is -0.131. The van der Waals surface area contributed by atoms with Gasteiger partial charge in [0, 0.05) is 10.0 Å². The molecule has 0 amide bonds. The van der Waals surface area contributed by atoms with Crippen molar-refractivity contribution in [3.63, 3.8) is 0 Å². The van der Waals surface area contributed by atoms with Gasteiger partial charge < -0.3 is 9.84 Å². The SMILES string of the molecule is COC=CC(=O)O.Fc1cc(Br)ccc1C#Cc1ccc2ccccc2c1. The first-order chi connectivity index (χ1) is 13.0. The molecule has 1 N–H and O–H groups in total. The smallest absolute Gasteiger partial charge is 0.331 e. The molecule has 0 aromatic heterocycles. The lowest BCUT2D eigenvalue weighted by Crippen LogP contribution is -1.85. The second-order valence-corrected chi connectivity index (χ2v) is 6.23. The van der Waals surface area contributed by atoms with Gasteiger partial charge in [-0.1, -0.05) is 58.1 Å². The Hall–Kier alpha value is -3.10. The first-order valence-electron chi connectivity index (χ1n) is 7.88. The fourth-order valence-electron chi connectivity index (χ4n) is 2.12. The first-order valence-corrected chi connectivity index (χ1v) is 8.67. The van der Waals surface area contributed by atoms with Gasteiger partial charge in [-0.2, -0.15) is 0 Å². The van der Waals surface area contributed by atoms with E-state index in [2.05, 4.69) is 38.6 Å². The maximum absolute atomic E-state index is 13.7. The van der Waals surface area contributed by atoms with Gasteiger partial charge >= 0.3 is 5.97 Å². The second-order valence-electron chi connectivity index (χ2n) is 5.31. The number of fused-ring (bicyclic) bond motifs is 1. The highest BCUT2D eigenvalue weighted by molar-refractivity contribution is 9.10. The number of ether oxygens (including phenoxy) is 1. The molecule has 136 valence electrons. The van der Waals surface area contributed by atoms with Crippen LogP contribution in [0.2, 0.25) is 0 Å². The van der Waals surface area contributed by atoms with Crippen molar-refractivity contribution in [2.75, 3.05) is 7.11 Å². The van der Waals surface area contributed by atoms with Crippen molar-refractivity contribution >= 4 is 32.7 Å². The van der Waals surface area contributed by atoms with E-state index in [4.69, 9.17) is 5.11 Å². The summed E-state index contributed by atoms with van der Waals surface area (Å²) in [6.07, 6.45) is 2.02. The minimum absolute atomic E-state index is 0.312. The molecule has 3 aromatic rings. The van der Waals surface area contributed by atoms with Crippen LogP contribution in [0.4, 0.5) is 4.39 Å². The van der Waals surface area contributed by atoms with E-state index in [1.807, 2.05) is 36.4 Å². The Morgan fingerprint density at radius 2 is 1.81 bits per heavy atom. The zero-order chi connectivity index (χ0) is 19.6. The quantitative estimate of drug-likeness (QED) is 0.340. The highest BCUT2D eigenvalue weighted by Crippen LogP contribution is 2.16. The average Bonchev–Trinajstić information content (AvgIpc) is 2.66. The maximum atomic E-state index is 13.7. The molecule has 27 heavy (non-hydrogen) atoms. The summed E-state index contributed by atoms with van der Waals surface area (Å²) in [5.74, 6) is 4.57. The molecule has 0 spiro atoms. The van der Waals surface area contributed by atoms with Crippen LogP contribution in [0.5, 0.6) is 0 Å². The number of hydrogen-bond acceptors (Lipinski definition) is 2. The third-order valence-electron chi connectivity index (χ3n) is 3.37. The standard InChI is InChI=1S/C18H10BrF.C4H6O3/c19-17-10-9-15(18(20)12-17)8-6-13-5-7-14-3-1-2-4-16(14)11-13;1-7-3-2-4(5)6/h1-5,7,9-12H;2-3H,1H3,(H,5,6). The molecule has 5 heteroatoms. The van der Waals surface area contributed by atoms with E-state index in [-0.39, 0.29) is 5.82 Å².